The first-order chi connectivity index (χ1) is 27.7. The lowest BCUT2D eigenvalue weighted by atomic mass is 9.79. The third-order valence-corrected chi connectivity index (χ3v) is 11.5. The van der Waals surface area contributed by atoms with E-state index in [-0.39, 0.29) is 62.7 Å². The molecule has 0 bridgehead atoms. The fraction of sp³-hybridized carbons (Fsp3) is 0.725. The highest BCUT2D eigenvalue weighted by Gasteiger charge is 2.42. The zero-order valence-corrected chi connectivity index (χ0v) is 33.9. The topological polar surface area (TPSA) is 258 Å². The molecular weight excluding hydrogens is 754 g/mol. The predicted molar refractivity (Wildman–Crippen MR) is 208 cm³/mol. The lowest BCUT2D eigenvalue weighted by Gasteiger charge is -2.38. The van der Waals surface area contributed by atoms with E-state index in [4.69, 9.17) is 4.52 Å². The van der Waals surface area contributed by atoms with Crippen molar-refractivity contribution in [2.24, 2.45) is 11.8 Å². The molecule has 1 aliphatic carbocycles. The summed E-state index contributed by atoms with van der Waals surface area (Å²) in [5, 5.41) is 34.2. The van der Waals surface area contributed by atoms with Crippen LogP contribution in [0.2, 0.25) is 0 Å². The summed E-state index contributed by atoms with van der Waals surface area (Å²) >= 11 is 0. The zero-order valence-electron chi connectivity index (χ0n) is 33.9. The van der Waals surface area contributed by atoms with Gasteiger partial charge in [0.1, 0.15) is 42.2 Å². The maximum atomic E-state index is 14.3. The van der Waals surface area contributed by atoms with Gasteiger partial charge in [0.15, 0.2) is 5.78 Å². The molecule has 6 N–H and O–H groups in total. The number of aliphatic hydroxyl groups is 1. The van der Waals surface area contributed by atoms with Gasteiger partial charge >= 0.3 is 5.97 Å². The summed E-state index contributed by atoms with van der Waals surface area (Å²) in [6, 6.07) is -4.88. The van der Waals surface area contributed by atoms with Crippen molar-refractivity contribution in [1.29, 1.82) is 0 Å². The van der Waals surface area contributed by atoms with E-state index in [0.717, 1.165) is 25.7 Å². The van der Waals surface area contributed by atoms with Crippen LogP contribution in [0.4, 0.5) is 0 Å². The summed E-state index contributed by atoms with van der Waals surface area (Å²) in [5.74, 6) is -5.15. The average molecular weight is 816 g/mol. The number of amides is 6. The van der Waals surface area contributed by atoms with Gasteiger partial charge in [-0.2, -0.15) is 0 Å². The molecule has 3 fully saturated rings. The van der Waals surface area contributed by atoms with Gasteiger partial charge in [0.2, 0.25) is 35.4 Å². The number of rotatable bonds is 20. The van der Waals surface area contributed by atoms with Gasteiger partial charge < -0.3 is 45.8 Å². The second-order valence-electron chi connectivity index (χ2n) is 16.0. The fourth-order valence-electron chi connectivity index (χ4n) is 8.26. The normalized spacial score (nSPS) is 21.2. The predicted octanol–water partition coefficient (Wildman–Crippen LogP) is 1.45. The summed E-state index contributed by atoms with van der Waals surface area (Å²) in [7, 11) is 0. The van der Waals surface area contributed by atoms with Crippen LogP contribution in [0.3, 0.4) is 0 Å². The van der Waals surface area contributed by atoms with E-state index < -0.39 is 84.0 Å². The molecule has 1 saturated carbocycles. The van der Waals surface area contributed by atoms with Crippen molar-refractivity contribution in [1.82, 2.24) is 36.2 Å². The Balaban J connectivity index is 1.49. The Kier molecular flexibility index (Phi) is 17.6. The average Bonchev–Trinajstić information content (AvgIpc) is 3.93. The number of aliphatic hydroxyl groups excluding tert-OH is 1. The largest absolute Gasteiger partial charge is 0.481 e. The zero-order chi connectivity index (χ0) is 42.4. The van der Waals surface area contributed by atoms with Gasteiger partial charge in [0.05, 0.1) is 12.5 Å². The molecule has 18 heteroatoms. The molecule has 0 unspecified atom stereocenters. The summed E-state index contributed by atoms with van der Waals surface area (Å²) in [5.41, 5.74) is 0.0748. The number of carbonyl (C=O) groups is 8. The number of aromatic nitrogens is 1. The second-order valence-corrected chi connectivity index (χ2v) is 16.0. The third-order valence-electron chi connectivity index (χ3n) is 11.5. The lowest BCUT2D eigenvalue weighted by molar-refractivity contribution is -0.149. The van der Waals surface area contributed by atoms with Crippen molar-refractivity contribution in [2.45, 2.75) is 153 Å². The number of hydrogen-bond donors (Lipinski definition) is 6. The first kappa shape index (κ1) is 45.8. The number of carbonyl (C=O) groups excluding carboxylic acids is 7. The number of nitrogens with zero attached hydrogens (tertiary/aromatic N) is 3. The molecule has 2 aliphatic heterocycles. The maximum Gasteiger partial charge on any atom is 0.305 e. The van der Waals surface area contributed by atoms with Gasteiger partial charge in [0.25, 0.3) is 0 Å². The molecule has 3 aliphatic rings. The first-order valence-corrected chi connectivity index (χ1v) is 20.8. The van der Waals surface area contributed by atoms with Crippen LogP contribution >= 0.6 is 0 Å². The number of ketones is 1. The molecule has 18 nitrogen and oxygen atoms in total. The number of nitrogens with one attached hydrogen (secondary N) is 4. The van der Waals surface area contributed by atoms with Gasteiger partial charge in [-0.25, -0.2) is 0 Å². The number of Topliss-reactive ketones (excluding diaryl/α,β-unsaturated/α-hetero) is 1. The third kappa shape index (κ3) is 12.8. The molecule has 3 heterocycles. The number of piperidine rings is 1. The van der Waals surface area contributed by atoms with Crippen LogP contribution < -0.4 is 21.3 Å². The SMILES string of the molecule is CCCNC(=O)[C@@H](NC(=O)[C@@H]1CCCN1C(=O)[C@H](CC(=O)O)NC(=O)[C@@H]1CCCCN1C(=O)[C@H](CCC(=O)c1ccon1)NC(=O)C[C@H](C)C1CCCCC1)[C@@H](C)O. The Hall–Kier alpha value is -4.87. The molecule has 1 aromatic heterocycles. The van der Waals surface area contributed by atoms with Crippen molar-refractivity contribution < 1.29 is 53.1 Å². The highest BCUT2D eigenvalue weighted by atomic mass is 16.5. The maximum absolute atomic E-state index is 14.3. The van der Waals surface area contributed by atoms with E-state index in [1.54, 1.807) is 0 Å². The first-order valence-electron chi connectivity index (χ1n) is 20.8. The molecule has 4 rings (SSSR count). The minimum absolute atomic E-state index is 0.0748. The standard InChI is InChI=1S/C40H61N7O11/c1-4-18-41-38(55)35(25(3)48)44-37(54)31-14-10-20-47(31)40(57)29(23-34(51)52)43-36(53)30-13-8-9-19-46(30)39(56)28(15-16-32(49)27-17-21-58-45-27)42-33(50)22-24(2)26-11-6-5-7-12-26/h17,21,24-26,28-31,35,48H,4-16,18-20,22-23H2,1-3H3,(H,41,55)(H,42,50)(H,43,53)(H,44,54)(H,51,52)/t24-,25+,28-,29-,30-,31-,35-/m0/s1. The van der Waals surface area contributed by atoms with E-state index in [1.165, 1.54) is 35.5 Å². The van der Waals surface area contributed by atoms with Crippen molar-refractivity contribution in [3.63, 3.8) is 0 Å². The summed E-state index contributed by atoms with van der Waals surface area (Å²) in [6.07, 6.45) is 7.10. The minimum Gasteiger partial charge on any atom is -0.481 e. The highest BCUT2D eigenvalue weighted by molar-refractivity contribution is 5.98. The van der Waals surface area contributed by atoms with E-state index >= 15 is 0 Å². The van der Waals surface area contributed by atoms with E-state index in [0.29, 0.717) is 38.1 Å². The van der Waals surface area contributed by atoms with Gasteiger partial charge in [-0.15, -0.1) is 0 Å². The molecule has 7 atom stereocenters. The molecule has 0 spiro atoms. The number of likely N-dealkylation sites (tertiary alicyclic amines) is 2. The van der Waals surface area contributed by atoms with Crippen LogP contribution in [0.5, 0.6) is 0 Å². The van der Waals surface area contributed by atoms with Gasteiger partial charge in [0, 0.05) is 38.5 Å². The van der Waals surface area contributed by atoms with Crippen LogP contribution in [0, 0.1) is 11.8 Å². The van der Waals surface area contributed by atoms with Crippen molar-refractivity contribution in [2.75, 3.05) is 19.6 Å². The Morgan fingerprint density at radius 3 is 2.05 bits per heavy atom. The van der Waals surface area contributed by atoms with Crippen molar-refractivity contribution in [3.05, 3.63) is 18.0 Å². The quantitative estimate of drug-likeness (QED) is 0.102. The molecule has 58 heavy (non-hydrogen) atoms. The summed E-state index contributed by atoms with van der Waals surface area (Å²) in [6.45, 7) is 5.76. The van der Waals surface area contributed by atoms with Gasteiger partial charge in [-0.1, -0.05) is 51.1 Å². The van der Waals surface area contributed by atoms with E-state index in [2.05, 4.69) is 26.4 Å². The second kappa shape index (κ2) is 22.3. The van der Waals surface area contributed by atoms with E-state index in [1.807, 2.05) is 13.8 Å². The van der Waals surface area contributed by atoms with Gasteiger partial charge in [-0.05, 0) is 63.7 Å². The monoisotopic (exact) mass is 815 g/mol. The van der Waals surface area contributed by atoms with Crippen LogP contribution in [0.1, 0.15) is 128 Å². The Morgan fingerprint density at radius 2 is 1.43 bits per heavy atom. The molecule has 2 saturated heterocycles. The lowest BCUT2D eigenvalue weighted by Crippen LogP contribution is -2.61. The number of hydrogen-bond acceptors (Lipinski definition) is 11. The molecule has 322 valence electrons. The Labute approximate surface area is 338 Å². The molecule has 0 aromatic carbocycles. The summed E-state index contributed by atoms with van der Waals surface area (Å²) in [4.78, 5) is 109. The molecular formula is C40H61N7O11. The van der Waals surface area contributed by atoms with Crippen LogP contribution in [0.15, 0.2) is 16.9 Å². The Morgan fingerprint density at radius 1 is 0.810 bits per heavy atom. The minimum atomic E-state index is -1.60. The molecule has 6 amide bonds. The highest BCUT2D eigenvalue weighted by Crippen LogP contribution is 2.31. The molecule has 0 radical (unpaired) electrons. The van der Waals surface area contributed by atoms with Crippen LogP contribution in [0.25, 0.3) is 0 Å². The smallest absolute Gasteiger partial charge is 0.305 e. The van der Waals surface area contributed by atoms with Crippen molar-refractivity contribution >= 4 is 47.2 Å². The number of carboxylic acids is 1. The fourth-order valence-corrected chi connectivity index (χ4v) is 8.26. The summed E-state index contributed by atoms with van der Waals surface area (Å²) < 4.78 is 4.79. The number of aliphatic carboxylic acids is 1. The Bertz CT molecular complexity index is 1600. The number of carboxylic acid groups (broad SMARTS) is 1. The van der Waals surface area contributed by atoms with Crippen molar-refractivity contribution in [3.8, 4) is 0 Å². The van der Waals surface area contributed by atoms with E-state index in [9.17, 15) is 48.6 Å². The van der Waals surface area contributed by atoms with Crippen LogP contribution in [-0.4, -0.2) is 128 Å². The van der Waals surface area contributed by atoms with Crippen LogP contribution in [-0.2, 0) is 33.6 Å². The van der Waals surface area contributed by atoms with Gasteiger partial charge in [-0.3, -0.25) is 38.4 Å². The molecule has 1 aromatic rings.